The van der Waals surface area contributed by atoms with Gasteiger partial charge in [-0.3, -0.25) is 0 Å². The second-order valence-corrected chi connectivity index (χ2v) is 6.60. The van der Waals surface area contributed by atoms with Gasteiger partial charge in [0.05, 0.1) is 5.60 Å². The summed E-state index contributed by atoms with van der Waals surface area (Å²) in [5, 5.41) is 13.1. The number of nitrogens with zero attached hydrogens (tertiary/aromatic N) is 1. The van der Waals surface area contributed by atoms with E-state index >= 15 is 0 Å². The van der Waals surface area contributed by atoms with Crippen LogP contribution in [-0.2, 0) is 6.54 Å². The fraction of sp³-hybridized carbons (Fsp3) is 0.625. The minimum atomic E-state index is -0.879. The maximum atomic E-state index is 14.2. The van der Waals surface area contributed by atoms with Crippen molar-refractivity contribution in [3.63, 3.8) is 0 Å². The average Bonchev–Trinajstić information content (AvgIpc) is 2.68. The van der Waals surface area contributed by atoms with Gasteiger partial charge in [0.15, 0.2) is 0 Å². The van der Waals surface area contributed by atoms with E-state index in [1.165, 1.54) is 12.1 Å². The molecule has 1 aliphatic heterocycles. The zero-order chi connectivity index (χ0) is 15.6. The predicted octanol–water partition coefficient (Wildman–Crippen LogP) is 2.67. The summed E-state index contributed by atoms with van der Waals surface area (Å²) in [6, 6.07) is 2.75. The highest BCUT2D eigenvalue weighted by atomic mass is 19.1. The number of hydrogen-bond donors (Lipinski definition) is 2. The Hall–Kier alpha value is -1.20. The first-order valence-corrected chi connectivity index (χ1v) is 7.44. The van der Waals surface area contributed by atoms with Crippen LogP contribution < -0.4 is 10.2 Å². The lowest BCUT2D eigenvalue weighted by Gasteiger charge is -2.22. The van der Waals surface area contributed by atoms with E-state index in [0.717, 1.165) is 6.54 Å². The van der Waals surface area contributed by atoms with Crippen LogP contribution in [-0.4, -0.2) is 30.3 Å². The Balaban J connectivity index is 2.11. The molecule has 0 bridgehead atoms. The molecule has 2 rings (SSSR count). The van der Waals surface area contributed by atoms with Crippen molar-refractivity contribution in [1.82, 2.24) is 5.32 Å². The molecule has 1 aromatic rings. The van der Waals surface area contributed by atoms with Crippen LogP contribution in [0.25, 0.3) is 0 Å². The van der Waals surface area contributed by atoms with E-state index in [0.29, 0.717) is 31.0 Å². The van der Waals surface area contributed by atoms with Gasteiger partial charge in [0, 0.05) is 19.6 Å². The van der Waals surface area contributed by atoms with Crippen LogP contribution in [0, 0.1) is 17.6 Å². The topological polar surface area (TPSA) is 35.5 Å². The Bertz CT molecular complexity index is 480. The number of β-amino-alcohol motifs (C(OH)–C–C–N with tert-alkyl or cyclic N) is 1. The lowest BCUT2D eigenvalue weighted by molar-refractivity contribution is 0.0839. The van der Waals surface area contributed by atoms with Crippen LogP contribution in [0.15, 0.2) is 12.1 Å². The van der Waals surface area contributed by atoms with Crippen LogP contribution in [0.3, 0.4) is 0 Å². The quantitative estimate of drug-likeness (QED) is 0.877. The number of anilines is 1. The monoisotopic (exact) mass is 298 g/mol. The van der Waals surface area contributed by atoms with Gasteiger partial charge in [0.25, 0.3) is 0 Å². The van der Waals surface area contributed by atoms with Crippen molar-refractivity contribution in [2.45, 2.75) is 39.3 Å². The Labute approximate surface area is 125 Å². The number of hydrogen-bond acceptors (Lipinski definition) is 3. The van der Waals surface area contributed by atoms with Crippen LogP contribution in [0.1, 0.15) is 32.8 Å². The maximum absolute atomic E-state index is 14.2. The molecule has 3 nitrogen and oxygen atoms in total. The first-order chi connectivity index (χ1) is 9.78. The molecule has 21 heavy (non-hydrogen) atoms. The van der Waals surface area contributed by atoms with E-state index in [9.17, 15) is 13.9 Å². The fourth-order valence-corrected chi connectivity index (χ4v) is 2.66. The summed E-state index contributed by atoms with van der Waals surface area (Å²) >= 11 is 0. The van der Waals surface area contributed by atoms with Crippen LogP contribution in [0.5, 0.6) is 0 Å². The van der Waals surface area contributed by atoms with E-state index in [4.69, 9.17) is 0 Å². The molecule has 1 saturated heterocycles. The molecule has 1 atom stereocenters. The highest BCUT2D eigenvalue weighted by Crippen LogP contribution is 2.31. The van der Waals surface area contributed by atoms with Crippen LogP contribution in [0.4, 0.5) is 14.5 Å². The second-order valence-electron chi connectivity index (χ2n) is 6.60. The van der Waals surface area contributed by atoms with Crippen molar-refractivity contribution in [2.75, 3.05) is 24.5 Å². The van der Waals surface area contributed by atoms with Crippen LogP contribution >= 0.6 is 0 Å². The lowest BCUT2D eigenvalue weighted by Crippen LogP contribution is -2.30. The molecule has 0 amide bonds. The number of rotatable bonds is 5. The minimum absolute atomic E-state index is 0.0274. The smallest absolute Gasteiger partial charge is 0.149 e. The summed E-state index contributed by atoms with van der Waals surface area (Å²) in [7, 11) is 0. The third-order valence-electron chi connectivity index (χ3n) is 3.73. The molecule has 0 spiro atoms. The summed E-state index contributed by atoms with van der Waals surface area (Å²) < 4.78 is 28.4. The minimum Gasteiger partial charge on any atom is -0.388 e. The van der Waals surface area contributed by atoms with Gasteiger partial charge in [-0.1, -0.05) is 13.8 Å². The third kappa shape index (κ3) is 4.14. The van der Waals surface area contributed by atoms with Gasteiger partial charge in [-0.25, -0.2) is 8.78 Å². The van der Waals surface area contributed by atoms with Gasteiger partial charge in [0.1, 0.15) is 17.3 Å². The molecule has 0 radical (unpaired) electrons. The summed E-state index contributed by atoms with van der Waals surface area (Å²) in [6.07, 6.45) is 0.517. The standard InChI is InChI=1S/C16H24F2N2O/c1-11(2)8-19-9-12-6-13(17)15(14(18)7-12)20-5-4-16(3,21)10-20/h6-7,11,19,21H,4-5,8-10H2,1-3H3. The van der Waals surface area contributed by atoms with E-state index in [-0.39, 0.29) is 12.2 Å². The zero-order valence-corrected chi connectivity index (χ0v) is 12.9. The largest absolute Gasteiger partial charge is 0.388 e. The van der Waals surface area contributed by atoms with Gasteiger partial charge >= 0.3 is 0 Å². The molecular weight excluding hydrogens is 274 g/mol. The first kappa shape index (κ1) is 16.2. The van der Waals surface area contributed by atoms with Gasteiger partial charge in [-0.15, -0.1) is 0 Å². The van der Waals surface area contributed by atoms with E-state index < -0.39 is 17.2 Å². The van der Waals surface area contributed by atoms with Crippen molar-refractivity contribution in [2.24, 2.45) is 5.92 Å². The first-order valence-electron chi connectivity index (χ1n) is 7.44. The Kier molecular flexibility index (Phi) is 4.84. The van der Waals surface area contributed by atoms with E-state index in [1.54, 1.807) is 11.8 Å². The van der Waals surface area contributed by atoms with E-state index in [1.807, 2.05) is 0 Å². The second kappa shape index (κ2) is 6.28. The molecule has 1 fully saturated rings. The number of benzene rings is 1. The molecule has 5 heteroatoms. The van der Waals surface area contributed by atoms with Crippen molar-refractivity contribution in [3.05, 3.63) is 29.3 Å². The third-order valence-corrected chi connectivity index (χ3v) is 3.73. The van der Waals surface area contributed by atoms with Gasteiger partial charge in [-0.05, 0) is 43.5 Å². The zero-order valence-electron chi connectivity index (χ0n) is 12.9. The number of nitrogens with one attached hydrogen (secondary N) is 1. The summed E-state index contributed by atoms with van der Waals surface area (Å²) in [5.74, 6) is -0.631. The molecule has 0 aliphatic carbocycles. The summed E-state index contributed by atoms with van der Waals surface area (Å²) in [6.45, 7) is 7.82. The molecule has 1 heterocycles. The number of halogens is 2. The summed E-state index contributed by atoms with van der Waals surface area (Å²) in [5.41, 5.74) is -0.308. The maximum Gasteiger partial charge on any atom is 0.149 e. The Morgan fingerprint density at radius 2 is 1.95 bits per heavy atom. The van der Waals surface area contributed by atoms with Crippen LogP contribution in [0.2, 0.25) is 0 Å². The molecule has 2 N–H and O–H groups in total. The fourth-order valence-electron chi connectivity index (χ4n) is 2.66. The van der Waals surface area contributed by atoms with Gasteiger partial charge in [0.2, 0.25) is 0 Å². The predicted molar refractivity (Wildman–Crippen MR) is 80.4 cm³/mol. The summed E-state index contributed by atoms with van der Waals surface area (Å²) in [4.78, 5) is 1.58. The molecule has 1 unspecified atom stereocenters. The number of aliphatic hydroxyl groups is 1. The normalized spacial score (nSPS) is 22.3. The highest BCUT2D eigenvalue weighted by molar-refractivity contribution is 5.52. The van der Waals surface area contributed by atoms with Crippen molar-refractivity contribution in [1.29, 1.82) is 0 Å². The highest BCUT2D eigenvalue weighted by Gasteiger charge is 2.33. The average molecular weight is 298 g/mol. The SMILES string of the molecule is CC(C)CNCc1cc(F)c(N2CCC(C)(O)C2)c(F)c1. The molecule has 0 saturated carbocycles. The Morgan fingerprint density at radius 1 is 1.33 bits per heavy atom. The molecule has 118 valence electrons. The van der Waals surface area contributed by atoms with Crippen molar-refractivity contribution >= 4 is 5.69 Å². The molecule has 0 aromatic heterocycles. The van der Waals surface area contributed by atoms with E-state index in [2.05, 4.69) is 19.2 Å². The molecular formula is C16H24F2N2O. The molecule has 1 aromatic carbocycles. The lowest BCUT2D eigenvalue weighted by atomic mass is 10.1. The van der Waals surface area contributed by atoms with Crippen molar-refractivity contribution < 1.29 is 13.9 Å². The Morgan fingerprint density at radius 3 is 2.43 bits per heavy atom. The molecule has 1 aliphatic rings. The van der Waals surface area contributed by atoms with Gasteiger partial charge in [-0.2, -0.15) is 0 Å². The van der Waals surface area contributed by atoms with Crippen molar-refractivity contribution in [3.8, 4) is 0 Å². The van der Waals surface area contributed by atoms with Gasteiger partial charge < -0.3 is 15.3 Å².